The highest BCUT2D eigenvalue weighted by molar-refractivity contribution is 7.85. The molecule has 0 bridgehead atoms. The van der Waals surface area contributed by atoms with Crippen molar-refractivity contribution in [1.29, 1.82) is 0 Å². The largest absolute Gasteiger partial charge is 0.493 e. The van der Waals surface area contributed by atoms with Crippen LogP contribution in [0.4, 0.5) is 0 Å². The Morgan fingerprint density at radius 3 is 2.39 bits per heavy atom. The Balaban J connectivity index is 2.15. The molecule has 6 heteroatoms. The summed E-state index contributed by atoms with van der Waals surface area (Å²) in [6, 6.07) is 3.80. The first-order valence-corrected chi connectivity index (χ1v) is 7.35. The zero-order valence-electron chi connectivity index (χ0n) is 10.6. The molecule has 1 atom stereocenters. The first kappa shape index (κ1) is 13.2. The van der Waals surface area contributed by atoms with Gasteiger partial charge in [-0.1, -0.05) is 0 Å². The Labute approximate surface area is 107 Å². The molecular formula is C12H16O5S. The number of ether oxygens (including phenoxy) is 2. The van der Waals surface area contributed by atoms with Crippen molar-refractivity contribution >= 4 is 10.1 Å². The lowest BCUT2D eigenvalue weighted by Gasteiger charge is -2.30. The van der Waals surface area contributed by atoms with Gasteiger partial charge in [0, 0.05) is 5.92 Å². The van der Waals surface area contributed by atoms with Gasteiger partial charge in [-0.2, -0.15) is 8.42 Å². The SMILES string of the molecule is COc1cc2c(cc1OC)[C@H](COS(C)(=O)=O)C2. The normalized spacial score (nSPS) is 17.8. The average molecular weight is 272 g/mol. The minimum absolute atomic E-state index is 0.106. The van der Waals surface area contributed by atoms with Crippen LogP contribution >= 0.6 is 0 Å². The van der Waals surface area contributed by atoms with Crippen molar-refractivity contribution in [2.75, 3.05) is 27.1 Å². The van der Waals surface area contributed by atoms with E-state index in [0.717, 1.165) is 23.8 Å². The molecule has 0 saturated carbocycles. The van der Waals surface area contributed by atoms with Crippen LogP contribution in [-0.4, -0.2) is 35.5 Å². The fourth-order valence-electron chi connectivity index (χ4n) is 2.09. The van der Waals surface area contributed by atoms with E-state index in [2.05, 4.69) is 0 Å². The van der Waals surface area contributed by atoms with Crippen LogP contribution in [0.3, 0.4) is 0 Å². The van der Waals surface area contributed by atoms with Gasteiger partial charge in [-0.05, 0) is 29.7 Å². The van der Waals surface area contributed by atoms with Crippen LogP contribution in [0.5, 0.6) is 11.5 Å². The van der Waals surface area contributed by atoms with Crippen LogP contribution in [0.2, 0.25) is 0 Å². The van der Waals surface area contributed by atoms with Gasteiger partial charge >= 0.3 is 0 Å². The van der Waals surface area contributed by atoms with E-state index in [1.165, 1.54) is 0 Å². The second-order valence-corrected chi connectivity index (χ2v) is 5.94. The molecule has 100 valence electrons. The van der Waals surface area contributed by atoms with Gasteiger partial charge in [0.15, 0.2) is 11.5 Å². The molecule has 1 aromatic rings. The van der Waals surface area contributed by atoms with Crippen LogP contribution in [0.15, 0.2) is 12.1 Å². The summed E-state index contributed by atoms with van der Waals surface area (Å²) in [6.07, 6.45) is 1.85. The van der Waals surface area contributed by atoms with E-state index in [4.69, 9.17) is 13.7 Å². The molecule has 0 amide bonds. The van der Waals surface area contributed by atoms with Crippen LogP contribution in [0, 0.1) is 0 Å². The Hall–Kier alpha value is -1.27. The molecule has 1 aliphatic carbocycles. The van der Waals surface area contributed by atoms with Crippen LogP contribution in [-0.2, 0) is 20.7 Å². The maximum atomic E-state index is 10.9. The summed E-state index contributed by atoms with van der Waals surface area (Å²) in [4.78, 5) is 0. The molecule has 0 saturated heterocycles. The maximum Gasteiger partial charge on any atom is 0.264 e. The van der Waals surface area contributed by atoms with Gasteiger partial charge in [-0.15, -0.1) is 0 Å². The minimum atomic E-state index is -3.38. The van der Waals surface area contributed by atoms with Crippen molar-refractivity contribution in [1.82, 2.24) is 0 Å². The highest BCUT2D eigenvalue weighted by Crippen LogP contribution is 2.42. The molecule has 0 aliphatic heterocycles. The third-order valence-corrected chi connectivity index (χ3v) is 3.60. The highest BCUT2D eigenvalue weighted by Gasteiger charge is 2.29. The molecule has 18 heavy (non-hydrogen) atoms. The molecule has 0 N–H and O–H groups in total. The van der Waals surface area contributed by atoms with Gasteiger partial charge in [0.25, 0.3) is 10.1 Å². The standard InChI is InChI=1S/C12H16O5S/c1-15-11-5-8-4-9(7-17-18(3,13)14)10(8)6-12(11)16-2/h5-6,9H,4,7H2,1-3H3/t9-/m0/s1. The second-order valence-electron chi connectivity index (χ2n) is 4.30. The van der Waals surface area contributed by atoms with E-state index >= 15 is 0 Å². The smallest absolute Gasteiger partial charge is 0.264 e. The highest BCUT2D eigenvalue weighted by atomic mass is 32.2. The molecule has 0 radical (unpaired) electrons. The molecule has 0 aromatic heterocycles. The van der Waals surface area contributed by atoms with Gasteiger partial charge in [0.1, 0.15) is 0 Å². The van der Waals surface area contributed by atoms with Gasteiger partial charge < -0.3 is 9.47 Å². The fourth-order valence-corrected chi connectivity index (χ4v) is 2.50. The summed E-state index contributed by atoms with van der Waals surface area (Å²) in [5.41, 5.74) is 2.21. The van der Waals surface area contributed by atoms with Crippen molar-refractivity contribution in [3.05, 3.63) is 23.3 Å². The van der Waals surface area contributed by atoms with Crippen LogP contribution < -0.4 is 9.47 Å². The fraction of sp³-hybridized carbons (Fsp3) is 0.500. The molecule has 1 aliphatic rings. The molecule has 1 aromatic carbocycles. The van der Waals surface area contributed by atoms with Gasteiger partial charge in [-0.25, -0.2) is 0 Å². The Morgan fingerprint density at radius 2 is 1.83 bits per heavy atom. The van der Waals surface area contributed by atoms with Crippen molar-refractivity contribution in [2.24, 2.45) is 0 Å². The van der Waals surface area contributed by atoms with Crippen molar-refractivity contribution in [2.45, 2.75) is 12.3 Å². The molecule has 0 spiro atoms. The molecular weight excluding hydrogens is 256 g/mol. The minimum Gasteiger partial charge on any atom is -0.493 e. The summed E-state index contributed by atoms with van der Waals surface area (Å²) in [5, 5.41) is 0. The number of hydrogen-bond acceptors (Lipinski definition) is 5. The molecule has 2 rings (SSSR count). The van der Waals surface area contributed by atoms with E-state index in [1.807, 2.05) is 12.1 Å². The third-order valence-electron chi connectivity index (χ3n) is 3.03. The maximum absolute atomic E-state index is 10.9. The Morgan fingerprint density at radius 1 is 1.22 bits per heavy atom. The second kappa shape index (κ2) is 4.78. The number of benzene rings is 1. The van der Waals surface area contributed by atoms with E-state index in [0.29, 0.717) is 11.5 Å². The molecule has 0 heterocycles. The van der Waals surface area contributed by atoms with Gasteiger partial charge in [0.05, 0.1) is 27.1 Å². The summed E-state index contributed by atoms with van der Waals surface area (Å²) in [7, 11) is -0.218. The number of methoxy groups -OCH3 is 2. The topological polar surface area (TPSA) is 61.8 Å². The van der Waals surface area contributed by atoms with Gasteiger partial charge in [0.2, 0.25) is 0 Å². The summed E-state index contributed by atoms with van der Waals surface area (Å²) in [6.45, 7) is 0.182. The lowest BCUT2D eigenvalue weighted by atomic mass is 9.78. The quantitative estimate of drug-likeness (QED) is 0.756. The van der Waals surface area contributed by atoms with E-state index in [-0.39, 0.29) is 12.5 Å². The average Bonchev–Trinajstić information content (AvgIpc) is 2.28. The summed E-state index contributed by atoms with van der Waals surface area (Å²) < 4.78 is 37.1. The zero-order chi connectivity index (χ0) is 13.3. The van der Waals surface area contributed by atoms with Crippen LogP contribution in [0.25, 0.3) is 0 Å². The van der Waals surface area contributed by atoms with E-state index in [9.17, 15) is 8.42 Å². The lowest BCUT2D eigenvalue weighted by molar-refractivity contribution is 0.280. The van der Waals surface area contributed by atoms with Crippen molar-refractivity contribution < 1.29 is 22.1 Å². The van der Waals surface area contributed by atoms with Crippen LogP contribution in [0.1, 0.15) is 17.0 Å². The monoisotopic (exact) mass is 272 g/mol. The predicted molar refractivity (Wildman–Crippen MR) is 66.8 cm³/mol. The van der Waals surface area contributed by atoms with Crippen molar-refractivity contribution in [3.8, 4) is 11.5 Å². The molecule has 5 nitrogen and oxygen atoms in total. The van der Waals surface area contributed by atoms with Gasteiger partial charge in [-0.3, -0.25) is 4.18 Å². The first-order valence-electron chi connectivity index (χ1n) is 5.54. The summed E-state index contributed by atoms with van der Waals surface area (Å²) >= 11 is 0. The molecule has 0 fully saturated rings. The van der Waals surface area contributed by atoms with E-state index in [1.54, 1.807) is 14.2 Å². The van der Waals surface area contributed by atoms with E-state index < -0.39 is 10.1 Å². The summed E-state index contributed by atoms with van der Waals surface area (Å²) in [5.74, 6) is 1.45. The third kappa shape index (κ3) is 2.59. The first-order chi connectivity index (χ1) is 8.44. The lowest BCUT2D eigenvalue weighted by Crippen LogP contribution is -2.23. The number of hydrogen-bond donors (Lipinski definition) is 0. The number of fused-ring (bicyclic) bond motifs is 1. The Bertz CT molecular complexity index is 550. The number of rotatable bonds is 5. The predicted octanol–water partition coefficient (Wildman–Crippen LogP) is 1.32. The zero-order valence-corrected chi connectivity index (χ0v) is 11.4. The Kier molecular flexibility index (Phi) is 3.49. The molecule has 0 unspecified atom stereocenters. The van der Waals surface area contributed by atoms with Crippen molar-refractivity contribution in [3.63, 3.8) is 0 Å².